The molecule has 0 radical (unpaired) electrons. The first-order valence-corrected chi connectivity index (χ1v) is 9.69. The molecule has 0 amide bonds. The highest BCUT2D eigenvalue weighted by atomic mass is 32.2. The lowest BCUT2D eigenvalue weighted by Crippen LogP contribution is -2.36. The third-order valence-corrected chi connectivity index (χ3v) is 5.72. The minimum absolute atomic E-state index is 0.237. The average Bonchev–Trinajstić information content (AvgIpc) is 2.84. The number of fused-ring (bicyclic) bond motifs is 1. The first-order valence-electron chi connectivity index (χ1n) is 6.92. The monoisotopic (exact) mass is 339 g/mol. The highest BCUT2D eigenvalue weighted by Crippen LogP contribution is 2.22. The van der Waals surface area contributed by atoms with Crippen LogP contribution in [-0.4, -0.2) is 36.1 Å². The Balaban J connectivity index is 1.88. The average molecular weight is 339 g/mol. The zero-order chi connectivity index (χ0) is 15.9. The van der Waals surface area contributed by atoms with E-state index in [2.05, 4.69) is 33.2 Å². The van der Waals surface area contributed by atoms with Crippen molar-refractivity contribution in [3.05, 3.63) is 43.5 Å². The number of rotatable bonds is 3. The second-order valence-electron chi connectivity index (χ2n) is 5.56. The van der Waals surface area contributed by atoms with Crippen molar-refractivity contribution in [3.63, 3.8) is 0 Å². The minimum Gasteiger partial charge on any atom is -0.297 e. The molecule has 2 aromatic rings. The number of aromatic nitrogens is 2. The molecule has 0 aromatic carbocycles. The van der Waals surface area contributed by atoms with Crippen LogP contribution < -0.4 is 5.56 Å². The van der Waals surface area contributed by atoms with E-state index >= 15 is 0 Å². The summed E-state index contributed by atoms with van der Waals surface area (Å²) in [6.45, 7) is 4.15. The van der Waals surface area contributed by atoms with Gasteiger partial charge < -0.3 is 0 Å². The molecule has 2 aromatic heterocycles. The van der Waals surface area contributed by atoms with E-state index in [9.17, 15) is 13.2 Å². The molecular formula is C14H17N3O3S2. The Hall–Kier alpha value is -1.51. The fourth-order valence-corrected chi connectivity index (χ4v) is 4.04. The molecule has 3 rings (SSSR count). The molecule has 1 N–H and O–H groups in total. The molecule has 0 saturated heterocycles. The SMILES string of the molecule is Cc1ccsc1CN1CCc2nc(S(C)(=O)=O)[nH]c(=O)c2C1. The molecule has 8 heteroatoms. The van der Waals surface area contributed by atoms with Crippen molar-refractivity contribution in [2.75, 3.05) is 12.8 Å². The van der Waals surface area contributed by atoms with Crippen LogP contribution in [0.15, 0.2) is 21.4 Å². The number of nitrogens with zero attached hydrogens (tertiary/aromatic N) is 2. The Kier molecular flexibility index (Phi) is 3.92. The summed E-state index contributed by atoms with van der Waals surface area (Å²) in [6.07, 6.45) is 1.64. The Morgan fingerprint density at radius 2 is 2.23 bits per heavy atom. The summed E-state index contributed by atoms with van der Waals surface area (Å²) >= 11 is 1.71. The van der Waals surface area contributed by atoms with Gasteiger partial charge in [-0.2, -0.15) is 0 Å². The fourth-order valence-electron chi connectivity index (χ4n) is 2.54. The second kappa shape index (κ2) is 5.60. The lowest BCUT2D eigenvalue weighted by molar-refractivity contribution is 0.242. The van der Waals surface area contributed by atoms with Gasteiger partial charge in [-0.25, -0.2) is 13.4 Å². The van der Waals surface area contributed by atoms with E-state index in [4.69, 9.17) is 0 Å². The minimum atomic E-state index is -3.50. The maximum absolute atomic E-state index is 12.2. The highest BCUT2D eigenvalue weighted by Gasteiger charge is 2.23. The van der Waals surface area contributed by atoms with Gasteiger partial charge in [0.05, 0.1) is 11.3 Å². The van der Waals surface area contributed by atoms with E-state index in [1.54, 1.807) is 11.3 Å². The molecule has 22 heavy (non-hydrogen) atoms. The van der Waals surface area contributed by atoms with Crippen LogP contribution in [0.25, 0.3) is 0 Å². The lowest BCUT2D eigenvalue weighted by Gasteiger charge is -2.27. The summed E-state index contributed by atoms with van der Waals surface area (Å²) in [7, 11) is -3.50. The maximum Gasteiger partial charge on any atom is 0.256 e. The second-order valence-corrected chi connectivity index (χ2v) is 8.49. The van der Waals surface area contributed by atoms with Gasteiger partial charge in [0.1, 0.15) is 0 Å². The molecule has 3 heterocycles. The van der Waals surface area contributed by atoms with Crippen molar-refractivity contribution < 1.29 is 8.42 Å². The first-order chi connectivity index (χ1) is 10.3. The number of H-pyrrole nitrogens is 1. The van der Waals surface area contributed by atoms with E-state index < -0.39 is 9.84 Å². The molecule has 0 unspecified atom stereocenters. The quantitative estimate of drug-likeness (QED) is 0.847. The van der Waals surface area contributed by atoms with Crippen molar-refractivity contribution >= 4 is 21.2 Å². The molecule has 0 fully saturated rings. The number of nitrogens with one attached hydrogen (secondary N) is 1. The third-order valence-electron chi connectivity index (χ3n) is 3.81. The van der Waals surface area contributed by atoms with E-state index in [0.29, 0.717) is 24.2 Å². The summed E-state index contributed by atoms with van der Waals surface area (Å²) < 4.78 is 23.1. The van der Waals surface area contributed by atoms with Crippen LogP contribution >= 0.6 is 11.3 Å². The van der Waals surface area contributed by atoms with Crippen LogP contribution in [0.5, 0.6) is 0 Å². The van der Waals surface area contributed by atoms with Gasteiger partial charge >= 0.3 is 0 Å². The summed E-state index contributed by atoms with van der Waals surface area (Å²) in [6, 6.07) is 2.09. The molecule has 1 aliphatic heterocycles. The van der Waals surface area contributed by atoms with E-state index in [1.807, 2.05) is 0 Å². The molecule has 6 nitrogen and oxygen atoms in total. The van der Waals surface area contributed by atoms with E-state index in [1.165, 1.54) is 10.4 Å². The molecule has 118 valence electrons. The zero-order valence-electron chi connectivity index (χ0n) is 12.4. The predicted octanol–water partition coefficient (Wildman–Crippen LogP) is 1.10. The van der Waals surface area contributed by atoms with Crippen LogP contribution in [0.2, 0.25) is 0 Å². The summed E-state index contributed by atoms with van der Waals surface area (Å²) in [4.78, 5) is 22.2. The molecule has 0 aliphatic carbocycles. The van der Waals surface area contributed by atoms with Crippen LogP contribution in [0.4, 0.5) is 0 Å². The van der Waals surface area contributed by atoms with Crippen LogP contribution in [0.1, 0.15) is 21.7 Å². The van der Waals surface area contributed by atoms with Crippen molar-refractivity contribution in [2.24, 2.45) is 0 Å². The van der Waals surface area contributed by atoms with Crippen LogP contribution in [0, 0.1) is 6.92 Å². The molecule has 0 atom stereocenters. The topological polar surface area (TPSA) is 83.1 Å². The van der Waals surface area contributed by atoms with Crippen LogP contribution in [-0.2, 0) is 29.3 Å². The lowest BCUT2D eigenvalue weighted by atomic mass is 10.1. The Labute approximate surface area is 132 Å². The maximum atomic E-state index is 12.2. The zero-order valence-corrected chi connectivity index (χ0v) is 14.1. The first kappa shape index (κ1) is 15.4. The summed E-state index contributed by atoms with van der Waals surface area (Å²) in [5, 5.41) is 1.83. The summed E-state index contributed by atoms with van der Waals surface area (Å²) in [5.74, 6) is 0. The van der Waals surface area contributed by atoms with Crippen molar-refractivity contribution in [2.45, 2.75) is 31.6 Å². The Morgan fingerprint density at radius 1 is 1.45 bits per heavy atom. The number of thiophene rings is 1. The number of sulfone groups is 1. The van der Waals surface area contributed by atoms with Gasteiger partial charge in [0.25, 0.3) is 5.56 Å². The van der Waals surface area contributed by atoms with Gasteiger partial charge in [0, 0.05) is 37.2 Å². The summed E-state index contributed by atoms with van der Waals surface area (Å²) in [5.41, 5.74) is 2.09. The van der Waals surface area contributed by atoms with Gasteiger partial charge in [-0.1, -0.05) is 0 Å². The van der Waals surface area contributed by atoms with E-state index in [0.717, 1.165) is 19.3 Å². The number of aryl methyl sites for hydroxylation is 1. The molecule has 0 saturated carbocycles. The standard InChI is InChI=1S/C14H17N3O3S2/c1-9-4-6-21-12(9)8-17-5-3-11-10(7-17)13(18)16-14(15-11)22(2,19)20/h4,6H,3,5,7-8H2,1-2H3,(H,15,16,18). The van der Waals surface area contributed by atoms with Gasteiger partial charge in [0.15, 0.2) is 0 Å². The smallest absolute Gasteiger partial charge is 0.256 e. The molecular weight excluding hydrogens is 322 g/mol. The molecule has 1 aliphatic rings. The number of hydrogen-bond donors (Lipinski definition) is 1. The fraction of sp³-hybridized carbons (Fsp3) is 0.429. The Bertz CT molecular complexity index is 868. The predicted molar refractivity (Wildman–Crippen MR) is 84.8 cm³/mol. The number of hydrogen-bond acceptors (Lipinski definition) is 6. The highest BCUT2D eigenvalue weighted by molar-refractivity contribution is 7.90. The van der Waals surface area contributed by atoms with Crippen molar-refractivity contribution in [1.29, 1.82) is 0 Å². The van der Waals surface area contributed by atoms with Crippen molar-refractivity contribution in [1.82, 2.24) is 14.9 Å². The van der Waals surface area contributed by atoms with E-state index in [-0.39, 0.29) is 10.7 Å². The van der Waals surface area contributed by atoms with Gasteiger partial charge in [-0.15, -0.1) is 11.3 Å². The van der Waals surface area contributed by atoms with Gasteiger partial charge in [0.2, 0.25) is 15.0 Å². The third kappa shape index (κ3) is 2.99. The molecule has 0 spiro atoms. The Morgan fingerprint density at radius 3 is 2.86 bits per heavy atom. The molecule has 0 bridgehead atoms. The largest absolute Gasteiger partial charge is 0.297 e. The van der Waals surface area contributed by atoms with Gasteiger partial charge in [-0.3, -0.25) is 14.7 Å². The van der Waals surface area contributed by atoms with Crippen molar-refractivity contribution in [3.8, 4) is 0 Å². The number of aromatic amines is 1. The normalized spacial score (nSPS) is 15.7. The van der Waals surface area contributed by atoms with Crippen LogP contribution in [0.3, 0.4) is 0 Å². The van der Waals surface area contributed by atoms with Gasteiger partial charge in [-0.05, 0) is 23.9 Å².